The molecule has 0 amide bonds. The summed E-state index contributed by atoms with van der Waals surface area (Å²) in [6, 6.07) is 6.61. The van der Waals surface area contributed by atoms with Gasteiger partial charge in [-0.15, -0.1) is 0 Å². The molecule has 2 rings (SSSR count). The highest BCUT2D eigenvalue weighted by Crippen LogP contribution is 2.27. The van der Waals surface area contributed by atoms with Crippen LogP contribution in [0.4, 0.5) is 5.69 Å². The number of hydrogen-bond donors (Lipinski definition) is 1. The van der Waals surface area contributed by atoms with E-state index >= 15 is 0 Å². The third-order valence-corrected chi connectivity index (χ3v) is 2.48. The highest BCUT2D eigenvalue weighted by Gasteiger charge is 2.15. The number of carboxylic acid groups (broad SMARTS) is 1. The van der Waals surface area contributed by atoms with Gasteiger partial charge in [0.15, 0.2) is 0 Å². The largest absolute Gasteiger partial charge is 0.478 e. The van der Waals surface area contributed by atoms with E-state index in [1.807, 2.05) is 0 Å². The van der Waals surface area contributed by atoms with Crippen molar-refractivity contribution in [2.75, 3.05) is 0 Å². The number of ether oxygens (including phenoxy) is 1. The van der Waals surface area contributed by atoms with E-state index in [-0.39, 0.29) is 28.3 Å². The van der Waals surface area contributed by atoms with Crippen LogP contribution in [-0.4, -0.2) is 21.0 Å². The fourth-order valence-corrected chi connectivity index (χ4v) is 1.56. The lowest BCUT2D eigenvalue weighted by atomic mass is 10.2. The van der Waals surface area contributed by atoms with Crippen molar-refractivity contribution >= 4 is 11.7 Å². The first kappa shape index (κ1) is 14.0. The van der Waals surface area contributed by atoms with Crippen LogP contribution in [0, 0.1) is 21.4 Å². The van der Waals surface area contributed by atoms with Gasteiger partial charge in [-0.3, -0.25) is 15.1 Å². The molecule has 0 aliphatic carbocycles. The molecule has 8 nitrogen and oxygen atoms in total. The maximum atomic E-state index is 10.8. The molecular weight excluding hydrogens is 278 g/mol. The van der Waals surface area contributed by atoms with E-state index in [0.29, 0.717) is 0 Å². The number of aromatic carboxylic acids is 1. The van der Waals surface area contributed by atoms with Crippen LogP contribution in [0.5, 0.6) is 11.5 Å². The molecule has 0 spiro atoms. The molecule has 1 aromatic heterocycles. The van der Waals surface area contributed by atoms with Gasteiger partial charge < -0.3 is 9.84 Å². The van der Waals surface area contributed by atoms with E-state index in [4.69, 9.17) is 15.1 Å². The summed E-state index contributed by atoms with van der Waals surface area (Å²) in [6.45, 7) is 0. The Hall–Kier alpha value is -3.47. The van der Waals surface area contributed by atoms with Gasteiger partial charge in [-0.25, -0.2) is 4.79 Å². The summed E-state index contributed by atoms with van der Waals surface area (Å²) in [5, 5.41) is 28.4. The summed E-state index contributed by atoms with van der Waals surface area (Å²) < 4.78 is 5.35. The van der Waals surface area contributed by atoms with Gasteiger partial charge in [0.05, 0.1) is 16.7 Å². The zero-order valence-electron chi connectivity index (χ0n) is 10.4. The lowest BCUT2D eigenvalue weighted by molar-refractivity contribution is -0.385. The van der Waals surface area contributed by atoms with E-state index in [0.717, 1.165) is 12.3 Å². The smallest absolute Gasteiger partial charge is 0.337 e. The van der Waals surface area contributed by atoms with Gasteiger partial charge in [-0.05, 0) is 12.1 Å². The lowest BCUT2D eigenvalue weighted by Crippen LogP contribution is -1.98. The third kappa shape index (κ3) is 3.10. The predicted molar refractivity (Wildman–Crippen MR) is 69.1 cm³/mol. The van der Waals surface area contributed by atoms with Crippen molar-refractivity contribution in [1.82, 2.24) is 4.98 Å². The van der Waals surface area contributed by atoms with Crippen molar-refractivity contribution in [2.24, 2.45) is 0 Å². The molecule has 104 valence electrons. The zero-order chi connectivity index (χ0) is 15.4. The van der Waals surface area contributed by atoms with E-state index in [1.54, 1.807) is 6.07 Å². The van der Waals surface area contributed by atoms with Crippen LogP contribution in [0.1, 0.15) is 15.9 Å². The fourth-order valence-electron chi connectivity index (χ4n) is 1.56. The highest BCUT2D eigenvalue weighted by atomic mass is 16.6. The number of carboxylic acids is 1. The molecule has 0 radical (unpaired) electrons. The molecule has 0 aliphatic heterocycles. The Morgan fingerprint density at radius 1 is 1.33 bits per heavy atom. The van der Waals surface area contributed by atoms with Crippen LogP contribution in [0.3, 0.4) is 0 Å². The van der Waals surface area contributed by atoms with E-state index in [1.165, 1.54) is 24.4 Å². The summed E-state index contributed by atoms with van der Waals surface area (Å²) in [6.07, 6.45) is 2.45. The summed E-state index contributed by atoms with van der Waals surface area (Å²) in [4.78, 5) is 24.6. The number of carbonyl (C=O) groups is 1. The molecule has 1 heterocycles. The number of nitriles is 1. The van der Waals surface area contributed by atoms with Crippen molar-refractivity contribution in [3.05, 3.63) is 57.9 Å². The van der Waals surface area contributed by atoms with Crippen LogP contribution >= 0.6 is 0 Å². The average Bonchev–Trinajstić information content (AvgIpc) is 2.47. The minimum Gasteiger partial charge on any atom is -0.478 e. The minimum absolute atomic E-state index is 0.0603. The van der Waals surface area contributed by atoms with Crippen molar-refractivity contribution in [1.29, 1.82) is 5.26 Å². The Labute approximate surface area is 118 Å². The second-order valence-electron chi connectivity index (χ2n) is 3.86. The molecular formula is C13H7N3O5. The van der Waals surface area contributed by atoms with Crippen LogP contribution in [-0.2, 0) is 0 Å². The van der Waals surface area contributed by atoms with Crippen LogP contribution in [0.15, 0.2) is 36.7 Å². The molecule has 21 heavy (non-hydrogen) atoms. The molecule has 0 fully saturated rings. The summed E-state index contributed by atoms with van der Waals surface area (Å²) in [5.41, 5.74) is -0.544. The van der Waals surface area contributed by atoms with Gasteiger partial charge in [0, 0.05) is 18.3 Å². The molecule has 1 aromatic carbocycles. The van der Waals surface area contributed by atoms with Crippen molar-refractivity contribution in [3.63, 3.8) is 0 Å². The minimum atomic E-state index is -1.16. The Balaban J connectivity index is 2.32. The first-order valence-electron chi connectivity index (χ1n) is 5.56. The molecule has 0 atom stereocenters. The lowest BCUT2D eigenvalue weighted by Gasteiger charge is -2.06. The third-order valence-electron chi connectivity index (χ3n) is 2.48. The monoisotopic (exact) mass is 285 g/mol. The molecule has 8 heteroatoms. The van der Waals surface area contributed by atoms with Gasteiger partial charge in [-0.2, -0.15) is 5.26 Å². The average molecular weight is 285 g/mol. The SMILES string of the molecule is N#Cc1cc(Oc2cncc(C(=O)O)c2)ccc1[N+](=O)[O-]. The number of nitro benzene ring substituents is 1. The topological polar surface area (TPSA) is 126 Å². The van der Waals surface area contributed by atoms with E-state index in [2.05, 4.69) is 4.98 Å². The molecule has 0 saturated carbocycles. The maximum absolute atomic E-state index is 10.8. The molecule has 0 aliphatic rings. The highest BCUT2D eigenvalue weighted by molar-refractivity contribution is 5.87. The normalized spacial score (nSPS) is 9.67. The van der Waals surface area contributed by atoms with Gasteiger partial charge in [0.1, 0.15) is 23.1 Å². The number of aromatic nitrogens is 1. The molecule has 2 aromatic rings. The second-order valence-corrected chi connectivity index (χ2v) is 3.86. The van der Waals surface area contributed by atoms with Gasteiger partial charge in [0.2, 0.25) is 0 Å². The number of nitro groups is 1. The van der Waals surface area contributed by atoms with E-state index < -0.39 is 10.9 Å². The Morgan fingerprint density at radius 3 is 2.71 bits per heavy atom. The summed E-state index contributed by atoms with van der Waals surface area (Å²) >= 11 is 0. The van der Waals surface area contributed by atoms with E-state index in [9.17, 15) is 14.9 Å². The van der Waals surface area contributed by atoms with Crippen LogP contribution < -0.4 is 4.74 Å². The number of hydrogen-bond acceptors (Lipinski definition) is 6. The van der Waals surface area contributed by atoms with Gasteiger partial charge in [-0.1, -0.05) is 0 Å². The van der Waals surface area contributed by atoms with Crippen molar-refractivity contribution in [3.8, 4) is 17.6 Å². The fraction of sp³-hybridized carbons (Fsp3) is 0. The van der Waals surface area contributed by atoms with Crippen LogP contribution in [0.2, 0.25) is 0 Å². The van der Waals surface area contributed by atoms with Gasteiger partial charge in [0.25, 0.3) is 5.69 Å². The Morgan fingerprint density at radius 2 is 2.10 bits per heavy atom. The standard InChI is InChI=1S/C13H7N3O5/c14-5-8-3-10(1-2-12(8)16(19)20)21-11-4-9(13(17)18)6-15-7-11/h1-4,6-7H,(H,17,18). The van der Waals surface area contributed by atoms with Crippen molar-refractivity contribution in [2.45, 2.75) is 0 Å². The quantitative estimate of drug-likeness (QED) is 0.674. The number of rotatable bonds is 4. The zero-order valence-corrected chi connectivity index (χ0v) is 10.4. The second kappa shape index (κ2) is 5.66. The summed E-state index contributed by atoms with van der Waals surface area (Å²) in [7, 11) is 0. The number of pyridine rings is 1. The number of benzene rings is 1. The Kier molecular flexibility index (Phi) is 3.76. The molecule has 0 bridgehead atoms. The summed E-state index contributed by atoms with van der Waals surface area (Å²) in [5.74, 6) is -0.844. The maximum Gasteiger partial charge on any atom is 0.337 e. The molecule has 0 unspecified atom stereocenters. The van der Waals surface area contributed by atoms with Gasteiger partial charge >= 0.3 is 5.97 Å². The Bertz CT molecular complexity index is 767. The molecule has 1 N–H and O–H groups in total. The number of nitrogens with zero attached hydrogens (tertiary/aromatic N) is 3. The van der Waals surface area contributed by atoms with Crippen molar-refractivity contribution < 1.29 is 19.6 Å². The molecule has 0 saturated heterocycles. The van der Waals surface area contributed by atoms with Crippen LogP contribution in [0.25, 0.3) is 0 Å². The first-order chi connectivity index (χ1) is 10.0. The predicted octanol–water partition coefficient (Wildman–Crippen LogP) is 2.35. The first-order valence-corrected chi connectivity index (χ1v) is 5.56.